The van der Waals surface area contributed by atoms with E-state index in [4.69, 9.17) is 5.73 Å². The monoisotopic (exact) mass is 195 g/mol. The highest BCUT2D eigenvalue weighted by Crippen LogP contribution is 2.45. The van der Waals surface area contributed by atoms with Crippen LogP contribution in [0.5, 0.6) is 0 Å². The highest BCUT2D eigenvalue weighted by atomic mass is 14.8. The fourth-order valence-corrected chi connectivity index (χ4v) is 3.74. The van der Waals surface area contributed by atoms with Gasteiger partial charge in [-0.15, -0.1) is 0 Å². The van der Waals surface area contributed by atoms with E-state index in [1.165, 1.54) is 44.9 Å². The van der Waals surface area contributed by atoms with E-state index in [0.29, 0.717) is 0 Å². The summed E-state index contributed by atoms with van der Waals surface area (Å²) in [5.41, 5.74) is 6.89. The van der Waals surface area contributed by atoms with Crippen LogP contribution in [0.4, 0.5) is 0 Å². The van der Waals surface area contributed by atoms with Crippen LogP contribution >= 0.6 is 0 Å². The lowest BCUT2D eigenvalue weighted by molar-refractivity contribution is 0.0998. The molecule has 2 saturated carbocycles. The molecule has 2 fully saturated rings. The molecule has 0 aliphatic heterocycles. The minimum Gasteiger partial charge on any atom is -0.325 e. The van der Waals surface area contributed by atoms with Gasteiger partial charge in [-0.25, -0.2) is 0 Å². The number of rotatable bonds is 1. The van der Waals surface area contributed by atoms with Crippen LogP contribution in [0, 0.1) is 17.8 Å². The Kier molecular flexibility index (Phi) is 2.88. The first-order chi connectivity index (χ1) is 6.63. The van der Waals surface area contributed by atoms with E-state index >= 15 is 0 Å². The van der Waals surface area contributed by atoms with Gasteiger partial charge in [0.2, 0.25) is 0 Å². The summed E-state index contributed by atoms with van der Waals surface area (Å²) >= 11 is 0. The van der Waals surface area contributed by atoms with Gasteiger partial charge in [-0.3, -0.25) is 0 Å². The normalized spacial score (nSPS) is 45.6. The first-order valence-corrected chi connectivity index (χ1v) is 6.42. The summed E-state index contributed by atoms with van der Waals surface area (Å²) in [5.74, 6) is 2.44. The van der Waals surface area contributed by atoms with Crippen molar-refractivity contribution in [2.24, 2.45) is 23.5 Å². The Bertz CT molecular complexity index is 195. The zero-order valence-electron chi connectivity index (χ0n) is 9.76. The number of hydrogen-bond acceptors (Lipinski definition) is 1. The summed E-state index contributed by atoms with van der Waals surface area (Å²) in [6, 6.07) is 0. The van der Waals surface area contributed by atoms with Gasteiger partial charge in [-0.05, 0) is 43.4 Å². The fourth-order valence-electron chi connectivity index (χ4n) is 3.74. The van der Waals surface area contributed by atoms with E-state index in [-0.39, 0.29) is 5.54 Å². The van der Waals surface area contributed by atoms with Gasteiger partial charge < -0.3 is 5.73 Å². The summed E-state index contributed by atoms with van der Waals surface area (Å²) in [7, 11) is 0. The van der Waals surface area contributed by atoms with Crippen molar-refractivity contribution in [3.8, 4) is 0 Å². The molecular weight excluding hydrogens is 170 g/mol. The Morgan fingerprint density at radius 2 is 1.64 bits per heavy atom. The summed E-state index contributed by atoms with van der Waals surface area (Å²) in [4.78, 5) is 0. The van der Waals surface area contributed by atoms with Gasteiger partial charge in [-0.1, -0.05) is 33.1 Å². The first kappa shape index (κ1) is 10.5. The van der Waals surface area contributed by atoms with E-state index in [1.54, 1.807) is 0 Å². The molecule has 3 atom stereocenters. The highest BCUT2D eigenvalue weighted by Gasteiger charge is 2.43. The maximum atomic E-state index is 6.70. The molecular formula is C13H25N. The minimum absolute atomic E-state index is 0.189. The number of nitrogens with two attached hydrogens (primary N) is 1. The zero-order valence-corrected chi connectivity index (χ0v) is 9.76. The van der Waals surface area contributed by atoms with Crippen molar-refractivity contribution in [2.75, 3.05) is 0 Å². The summed E-state index contributed by atoms with van der Waals surface area (Å²) in [6.45, 7) is 4.76. The second kappa shape index (κ2) is 3.84. The average Bonchev–Trinajstić information content (AvgIpc) is 2.65. The molecule has 2 N–H and O–H groups in total. The smallest absolute Gasteiger partial charge is 0.0211 e. The molecule has 0 bridgehead atoms. The molecule has 14 heavy (non-hydrogen) atoms. The standard InChI is InChI=1S/C13H25N/c1-10-7-8-11(2)13(14,9-10)12-5-3-4-6-12/h10-12H,3-9,14H2,1-2H3. The molecule has 0 aromatic rings. The zero-order chi connectivity index (χ0) is 10.2. The number of hydrogen-bond donors (Lipinski definition) is 1. The lowest BCUT2D eigenvalue weighted by atomic mass is 9.64. The molecule has 82 valence electrons. The predicted molar refractivity (Wildman–Crippen MR) is 61.1 cm³/mol. The largest absolute Gasteiger partial charge is 0.325 e. The third kappa shape index (κ3) is 1.71. The molecule has 0 aromatic heterocycles. The van der Waals surface area contributed by atoms with Crippen LogP contribution in [-0.2, 0) is 0 Å². The topological polar surface area (TPSA) is 26.0 Å². The van der Waals surface area contributed by atoms with Crippen LogP contribution in [-0.4, -0.2) is 5.54 Å². The molecule has 1 heteroatoms. The Morgan fingerprint density at radius 1 is 1.00 bits per heavy atom. The SMILES string of the molecule is CC1CCC(C)C(N)(C2CCCC2)C1. The maximum absolute atomic E-state index is 6.70. The Hall–Kier alpha value is -0.0400. The van der Waals surface area contributed by atoms with Crippen LogP contribution in [0.2, 0.25) is 0 Å². The van der Waals surface area contributed by atoms with Crippen molar-refractivity contribution >= 4 is 0 Å². The lowest BCUT2D eigenvalue weighted by Gasteiger charge is -2.46. The third-order valence-corrected chi connectivity index (χ3v) is 4.83. The minimum atomic E-state index is 0.189. The van der Waals surface area contributed by atoms with Crippen molar-refractivity contribution in [3.05, 3.63) is 0 Å². The molecule has 0 radical (unpaired) electrons. The van der Waals surface area contributed by atoms with Gasteiger partial charge in [0.25, 0.3) is 0 Å². The van der Waals surface area contributed by atoms with E-state index in [1.807, 2.05) is 0 Å². The van der Waals surface area contributed by atoms with E-state index in [9.17, 15) is 0 Å². The molecule has 0 aromatic carbocycles. The molecule has 2 aliphatic rings. The molecule has 2 rings (SSSR count). The summed E-state index contributed by atoms with van der Waals surface area (Å²) in [6.07, 6.45) is 9.66. The Labute approximate surface area is 88.4 Å². The second-order valence-corrected chi connectivity index (χ2v) is 5.88. The van der Waals surface area contributed by atoms with Crippen LogP contribution in [0.1, 0.15) is 58.8 Å². The van der Waals surface area contributed by atoms with Gasteiger partial charge in [0.1, 0.15) is 0 Å². The highest BCUT2D eigenvalue weighted by molar-refractivity contribution is 5.00. The van der Waals surface area contributed by atoms with E-state index in [2.05, 4.69) is 13.8 Å². The van der Waals surface area contributed by atoms with Crippen LogP contribution in [0.3, 0.4) is 0 Å². The van der Waals surface area contributed by atoms with Crippen molar-refractivity contribution in [1.82, 2.24) is 0 Å². The molecule has 0 saturated heterocycles. The fraction of sp³-hybridized carbons (Fsp3) is 1.00. The van der Waals surface area contributed by atoms with Gasteiger partial charge >= 0.3 is 0 Å². The van der Waals surface area contributed by atoms with E-state index in [0.717, 1.165) is 17.8 Å². The molecule has 2 aliphatic carbocycles. The quantitative estimate of drug-likeness (QED) is 0.682. The third-order valence-electron chi connectivity index (χ3n) is 4.83. The van der Waals surface area contributed by atoms with Crippen LogP contribution < -0.4 is 5.73 Å². The molecule has 3 unspecified atom stereocenters. The predicted octanol–water partition coefficient (Wildman–Crippen LogP) is 3.33. The summed E-state index contributed by atoms with van der Waals surface area (Å²) < 4.78 is 0. The van der Waals surface area contributed by atoms with Crippen molar-refractivity contribution in [2.45, 2.75) is 64.3 Å². The van der Waals surface area contributed by atoms with Gasteiger partial charge in [0, 0.05) is 5.54 Å². The maximum Gasteiger partial charge on any atom is 0.0211 e. The van der Waals surface area contributed by atoms with Crippen molar-refractivity contribution in [1.29, 1.82) is 0 Å². The van der Waals surface area contributed by atoms with Crippen LogP contribution in [0.15, 0.2) is 0 Å². The second-order valence-electron chi connectivity index (χ2n) is 5.88. The molecule has 0 amide bonds. The van der Waals surface area contributed by atoms with Gasteiger partial charge in [0.05, 0.1) is 0 Å². The first-order valence-electron chi connectivity index (χ1n) is 6.42. The van der Waals surface area contributed by atoms with Crippen molar-refractivity contribution < 1.29 is 0 Å². The molecule has 1 nitrogen and oxygen atoms in total. The van der Waals surface area contributed by atoms with E-state index < -0.39 is 0 Å². The lowest BCUT2D eigenvalue weighted by Crippen LogP contribution is -2.54. The van der Waals surface area contributed by atoms with Gasteiger partial charge in [0.15, 0.2) is 0 Å². The van der Waals surface area contributed by atoms with Crippen molar-refractivity contribution in [3.63, 3.8) is 0 Å². The Morgan fingerprint density at radius 3 is 2.29 bits per heavy atom. The summed E-state index contributed by atoms with van der Waals surface area (Å²) in [5, 5.41) is 0. The molecule has 0 heterocycles. The van der Waals surface area contributed by atoms with Gasteiger partial charge in [-0.2, -0.15) is 0 Å². The average molecular weight is 195 g/mol. The molecule has 0 spiro atoms. The van der Waals surface area contributed by atoms with Crippen LogP contribution in [0.25, 0.3) is 0 Å². The Balaban J connectivity index is 2.09.